The van der Waals surface area contributed by atoms with Crippen molar-refractivity contribution in [2.24, 2.45) is 17.8 Å². The fourth-order valence-electron chi connectivity index (χ4n) is 3.80. The molecule has 3 atom stereocenters. The average Bonchev–Trinajstić information content (AvgIpc) is 3.14. The van der Waals surface area contributed by atoms with Gasteiger partial charge in [-0.25, -0.2) is 4.98 Å². The van der Waals surface area contributed by atoms with Gasteiger partial charge in [0.1, 0.15) is 0 Å². The maximum Gasteiger partial charge on any atom is 0.0956 e. The second-order valence-electron chi connectivity index (χ2n) is 7.25. The van der Waals surface area contributed by atoms with Gasteiger partial charge in [-0.15, -0.1) is 0 Å². The lowest BCUT2D eigenvalue weighted by Crippen LogP contribution is -2.34. The SMILES string of the molecule is CC.CC(C)CC([C@H](O)C(C)C)[C@@H]1c2ccccc2-c2cncn21. The number of fused-ring (bicyclic) bond motifs is 3. The maximum absolute atomic E-state index is 10.9. The Kier molecular flexibility index (Phi) is 6.22. The summed E-state index contributed by atoms with van der Waals surface area (Å²) in [7, 11) is 0. The molecule has 3 heteroatoms. The van der Waals surface area contributed by atoms with Gasteiger partial charge in [-0.1, -0.05) is 65.8 Å². The van der Waals surface area contributed by atoms with Gasteiger partial charge >= 0.3 is 0 Å². The minimum Gasteiger partial charge on any atom is -0.392 e. The molecule has 0 radical (unpaired) electrons. The first kappa shape index (κ1) is 18.7. The third-order valence-corrected chi connectivity index (χ3v) is 4.79. The van der Waals surface area contributed by atoms with Crippen LogP contribution in [0, 0.1) is 17.8 Å². The van der Waals surface area contributed by atoms with Crippen LogP contribution in [0.5, 0.6) is 0 Å². The van der Waals surface area contributed by atoms with Gasteiger partial charge in [-0.05, 0) is 23.8 Å². The molecule has 1 aliphatic rings. The van der Waals surface area contributed by atoms with E-state index in [1.807, 2.05) is 26.4 Å². The van der Waals surface area contributed by atoms with Crippen LogP contribution in [0.25, 0.3) is 11.3 Å². The zero-order valence-electron chi connectivity index (χ0n) is 15.9. The highest BCUT2D eigenvalue weighted by Crippen LogP contribution is 2.46. The molecule has 0 amide bonds. The van der Waals surface area contributed by atoms with Crippen molar-refractivity contribution >= 4 is 0 Å². The van der Waals surface area contributed by atoms with Crippen LogP contribution in [-0.2, 0) is 0 Å². The molecule has 0 fully saturated rings. The van der Waals surface area contributed by atoms with Gasteiger partial charge in [0.05, 0.1) is 30.4 Å². The third-order valence-electron chi connectivity index (χ3n) is 4.79. The van der Waals surface area contributed by atoms with E-state index in [4.69, 9.17) is 0 Å². The molecule has 0 bridgehead atoms. The van der Waals surface area contributed by atoms with Crippen molar-refractivity contribution in [2.45, 2.75) is 60.1 Å². The van der Waals surface area contributed by atoms with Crippen molar-refractivity contribution in [1.82, 2.24) is 9.55 Å². The minimum atomic E-state index is -0.311. The van der Waals surface area contributed by atoms with E-state index in [9.17, 15) is 5.11 Å². The standard InChI is InChI=1S/C19H26N2O.C2H6/c1-12(2)9-16(19(22)13(3)4)18-15-8-6-5-7-14(15)17-10-20-11-21(17)18;1-2/h5-8,10-13,16,18-19,22H,9H2,1-4H3;1-2H3/t16?,18-,19+;/m0./s1. The van der Waals surface area contributed by atoms with Gasteiger partial charge in [0.2, 0.25) is 0 Å². The van der Waals surface area contributed by atoms with Gasteiger partial charge in [0.15, 0.2) is 0 Å². The molecule has 1 aliphatic heterocycles. The molecule has 2 heterocycles. The molecule has 1 unspecified atom stereocenters. The van der Waals surface area contributed by atoms with Crippen molar-refractivity contribution in [3.63, 3.8) is 0 Å². The second-order valence-corrected chi connectivity index (χ2v) is 7.25. The number of benzene rings is 1. The zero-order chi connectivity index (χ0) is 17.9. The Bertz CT molecular complexity index is 645. The van der Waals surface area contributed by atoms with Crippen LogP contribution < -0.4 is 0 Å². The number of aliphatic hydroxyl groups is 1. The number of aliphatic hydroxyl groups excluding tert-OH is 1. The van der Waals surface area contributed by atoms with Crippen LogP contribution in [0.2, 0.25) is 0 Å². The number of imidazole rings is 1. The first-order valence-corrected chi connectivity index (χ1v) is 9.30. The van der Waals surface area contributed by atoms with Crippen LogP contribution in [0.4, 0.5) is 0 Å². The van der Waals surface area contributed by atoms with Crippen molar-refractivity contribution in [3.05, 3.63) is 42.4 Å². The van der Waals surface area contributed by atoms with Gasteiger partial charge in [-0.3, -0.25) is 0 Å². The van der Waals surface area contributed by atoms with Crippen molar-refractivity contribution in [2.75, 3.05) is 0 Å². The molecule has 2 aromatic rings. The first-order valence-electron chi connectivity index (χ1n) is 9.30. The summed E-state index contributed by atoms with van der Waals surface area (Å²) >= 11 is 0. The van der Waals surface area contributed by atoms with Gasteiger partial charge in [-0.2, -0.15) is 0 Å². The van der Waals surface area contributed by atoms with Gasteiger partial charge in [0.25, 0.3) is 0 Å². The van der Waals surface area contributed by atoms with E-state index in [-0.39, 0.29) is 24.0 Å². The fourth-order valence-corrected chi connectivity index (χ4v) is 3.80. The first-order chi connectivity index (χ1) is 11.5. The number of hydrogen-bond acceptors (Lipinski definition) is 2. The maximum atomic E-state index is 10.9. The zero-order valence-corrected chi connectivity index (χ0v) is 15.9. The summed E-state index contributed by atoms with van der Waals surface area (Å²) in [5.74, 6) is 1.01. The average molecular weight is 329 g/mol. The number of rotatable bonds is 5. The largest absolute Gasteiger partial charge is 0.392 e. The summed E-state index contributed by atoms with van der Waals surface area (Å²) in [5.41, 5.74) is 3.75. The van der Waals surface area contributed by atoms with E-state index >= 15 is 0 Å². The van der Waals surface area contributed by atoms with Crippen LogP contribution in [0.1, 0.15) is 59.6 Å². The quantitative estimate of drug-likeness (QED) is 0.823. The molecule has 0 spiro atoms. The molecule has 132 valence electrons. The van der Waals surface area contributed by atoms with E-state index in [2.05, 4.69) is 61.5 Å². The normalized spacial score (nSPS) is 18.0. The smallest absolute Gasteiger partial charge is 0.0956 e. The highest BCUT2D eigenvalue weighted by atomic mass is 16.3. The van der Waals surface area contributed by atoms with Crippen LogP contribution in [0.3, 0.4) is 0 Å². The summed E-state index contributed by atoms with van der Waals surface area (Å²) < 4.78 is 2.25. The summed E-state index contributed by atoms with van der Waals surface area (Å²) in [4.78, 5) is 4.34. The third kappa shape index (κ3) is 3.41. The number of aromatic nitrogens is 2. The fraction of sp³-hybridized carbons (Fsp3) is 0.571. The van der Waals surface area contributed by atoms with Gasteiger partial charge < -0.3 is 9.67 Å². The summed E-state index contributed by atoms with van der Waals surface area (Å²) in [6.07, 6.45) is 4.55. The van der Waals surface area contributed by atoms with E-state index in [1.54, 1.807) is 0 Å². The van der Waals surface area contributed by atoms with E-state index < -0.39 is 0 Å². The lowest BCUT2D eigenvalue weighted by atomic mass is 9.79. The van der Waals surface area contributed by atoms with Crippen LogP contribution >= 0.6 is 0 Å². The number of hydrogen-bond donors (Lipinski definition) is 1. The second kappa shape index (κ2) is 7.98. The topological polar surface area (TPSA) is 38.1 Å². The molecule has 1 aromatic heterocycles. The van der Waals surface area contributed by atoms with Crippen molar-refractivity contribution < 1.29 is 5.11 Å². The Balaban J connectivity index is 0.00000100. The summed E-state index contributed by atoms with van der Waals surface area (Å²) in [6.45, 7) is 12.7. The Morgan fingerprint density at radius 1 is 1.12 bits per heavy atom. The molecule has 1 N–H and O–H groups in total. The van der Waals surface area contributed by atoms with Crippen molar-refractivity contribution in [3.8, 4) is 11.3 Å². The Hall–Kier alpha value is -1.61. The van der Waals surface area contributed by atoms with E-state index in [0.29, 0.717) is 5.92 Å². The Labute approximate surface area is 146 Å². The molecular formula is C21H32N2O. The minimum absolute atomic E-state index is 0.188. The molecule has 3 rings (SSSR count). The van der Waals surface area contributed by atoms with Gasteiger partial charge in [0, 0.05) is 11.5 Å². The van der Waals surface area contributed by atoms with Crippen LogP contribution in [-0.4, -0.2) is 20.8 Å². The molecular weight excluding hydrogens is 296 g/mol. The van der Waals surface area contributed by atoms with Crippen LogP contribution in [0.15, 0.2) is 36.8 Å². The Morgan fingerprint density at radius 2 is 1.79 bits per heavy atom. The molecule has 3 nitrogen and oxygen atoms in total. The monoisotopic (exact) mass is 328 g/mol. The Morgan fingerprint density at radius 3 is 2.42 bits per heavy atom. The molecule has 1 aromatic carbocycles. The number of nitrogens with zero attached hydrogens (tertiary/aromatic N) is 2. The molecule has 0 aliphatic carbocycles. The molecule has 24 heavy (non-hydrogen) atoms. The predicted octanol–water partition coefficient (Wildman–Crippen LogP) is 5.16. The lowest BCUT2D eigenvalue weighted by molar-refractivity contribution is 0.0364. The summed E-state index contributed by atoms with van der Waals surface area (Å²) in [6, 6.07) is 8.73. The summed E-state index contributed by atoms with van der Waals surface area (Å²) in [5, 5.41) is 10.9. The molecule has 0 saturated carbocycles. The highest BCUT2D eigenvalue weighted by molar-refractivity contribution is 5.69. The molecule has 0 saturated heterocycles. The van der Waals surface area contributed by atoms with E-state index in [0.717, 1.165) is 6.42 Å². The van der Waals surface area contributed by atoms with Crippen molar-refractivity contribution in [1.29, 1.82) is 0 Å². The van der Waals surface area contributed by atoms with E-state index in [1.165, 1.54) is 16.8 Å². The predicted molar refractivity (Wildman–Crippen MR) is 101 cm³/mol. The highest BCUT2D eigenvalue weighted by Gasteiger charge is 2.38. The lowest BCUT2D eigenvalue weighted by Gasteiger charge is -2.33.